The minimum Gasteiger partial charge on any atom is -0.481 e. The Morgan fingerprint density at radius 3 is 2.68 bits per heavy atom. The van der Waals surface area contributed by atoms with Crippen molar-refractivity contribution < 1.29 is 14.7 Å². The molecule has 0 spiro atoms. The molecule has 0 bridgehead atoms. The SMILES string of the molecule is O=C(O)CCC1NCCCN(C2CCCCC2)C1=O. The molecule has 0 aromatic rings. The topological polar surface area (TPSA) is 69.6 Å². The van der Waals surface area contributed by atoms with Crippen LogP contribution in [-0.4, -0.2) is 47.1 Å². The molecule has 1 saturated heterocycles. The zero-order valence-electron chi connectivity index (χ0n) is 11.4. The predicted octanol–water partition coefficient (Wildman–Crippen LogP) is 1.37. The van der Waals surface area contributed by atoms with E-state index in [2.05, 4.69) is 5.32 Å². The number of carboxylic acid groups (broad SMARTS) is 1. The van der Waals surface area contributed by atoms with Crippen LogP contribution in [0.1, 0.15) is 51.4 Å². The lowest BCUT2D eigenvalue weighted by Gasteiger charge is -2.35. The maximum Gasteiger partial charge on any atom is 0.303 e. The van der Waals surface area contributed by atoms with E-state index >= 15 is 0 Å². The first-order chi connectivity index (χ1) is 9.18. The van der Waals surface area contributed by atoms with Crippen LogP contribution in [0, 0.1) is 0 Å². The van der Waals surface area contributed by atoms with Gasteiger partial charge in [-0.1, -0.05) is 19.3 Å². The van der Waals surface area contributed by atoms with Gasteiger partial charge in [-0.15, -0.1) is 0 Å². The van der Waals surface area contributed by atoms with Crippen molar-refractivity contribution in [2.75, 3.05) is 13.1 Å². The Morgan fingerprint density at radius 2 is 2.00 bits per heavy atom. The average Bonchev–Trinajstić information content (AvgIpc) is 2.59. The molecular formula is C14H24N2O3. The van der Waals surface area contributed by atoms with E-state index in [9.17, 15) is 9.59 Å². The van der Waals surface area contributed by atoms with Crippen LogP contribution in [0.2, 0.25) is 0 Å². The van der Waals surface area contributed by atoms with E-state index in [0.717, 1.165) is 32.4 Å². The Hall–Kier alpha value is -1.10. The minimum absolute atomic E-state index is 0.0575. The molecule has 2 aliphatic rings. The number of carbonyl (C=O) groups excluding carboxylic acids is 1. The first-order valence-corrected chi connectivity index (χ1v) is 7.44. The summed E-state index contributed by atoms with van der Waals surface area (Å²) in [4.78, 5) is 25.2. The lowest BCUT2D eigenvalue weighted by molar-refractivity contribution is -0.138. The Morgan fingerprint density at radius 1 is 1.26 bits per heavy atom. The van der Waals surface area contributed by atoms with Crippen molar-refractivity contribution >= 4 is 11.9 Å². The highest BCUT2D eigenvalue weighted by Crippen LogP contribution is 2.24. The molecule has 5 heteroatoms. The highest BCUT2D eigenvalue weighted by Gasteiger charge is 2.31. The summed E-state index contributed by atoms with van der Waals surface area (Å²) in [5.74, 6) is -0.714. The minimum atomic E-state index is -0.830. The highest BCUT2D eigenvalue weighted by molar-refractivity contribution is 5.83. The Kier molecular flexibility index (Phi) is 5.19. The number of carbonyl (C=O) groups is 2. The number of rotatable bonds is 4. The van der Waals surface area contributed by atoms with Crippen LogP contribution in [0.15, 0.2) is 0 Å². The van der Waals surface area contributed by atoms with Gasteiger partial charge in [-0.2, -0.15) is 0 Å². The third kappa shape index (κ3) is 3.93. The monoisotopic (exact) mass is 268 g/mol. The van der Waals surface area contributed by atoms with Gasteiger partial charge in [0.05, 0.1) is 6.04 Å². The molecule has 19 heavy (non-hydrogen) atoms. The zero-order valence-corrected chi connectivity index (χ0v) is 11.4. The fourth-order valence-electron chi connectivity index (χ4n) is 3.17. The molecule has 0 radical (unpaired) electrons. The molecule has 1 unspecified atom stereocenters. The van der Waals surface area contributed by atoms with Gasteiger partial charge in [0, 0.05) is 19.0 Å². The van der Waals surface area contributed by atoms with Gasteiger partial charge in [0.2, 0.25) is 5.91 Å². The van der Waals surface area contributed by atoms with Crippen LogP contribution in [0.25, 0.3) is 0 Å². The van der Waals surface area contributed by atoms with Crippen LogP contribution in [0.3, 0.4) is 0 Å². The number of hydrogen-bond acceptors (Lipinski definition) is 3. The van der Waals surface area contributed by atoms with Gasteiger partial charge in [0.25, 0.3) is 0 Å². The predicted molar refractivity (Wildman–Crippen MR) is 71.9 cm³/mol. The van der Waals surface area contributed by atoms with Crippen LogP contribution in [-0.2, 0) is 9.59 Å². The summed E-state index contributed by atoms with van der Waals surface area (Å²) in [6.07, 6.45) is 7.34. The van der Waals surface area contributed by atoms with Crippen LogP contribution in [0.4, 0.5) is 0 Å². The molecule has 0 aromatic carbocycles. The number of aliphatic carboxylic acids is 1. The molecule has 1 amide bonds. The third-order valence-corrected chi connectivity index (χ3v) is 4.21. The van der Waals surface area contributed by atoms with Crippen LogP contribution in [0.5, 0.6) is 0 Å². The van der Waals surface area contributed by atoms with Crippen molar-refractivity contribution in [2.24, 2.45) is 0 Å². The summed E-state index contributed by atoms with van der Waals surface area (Å²) >= 11 is 0. The molecule has 1 saturated carbocycles. The third-order valence-electron chi connectivity index (χ3n) is 4.21. The second kappa shape index (κ2) is 6.89. The zero-order chi connectivity index (χ0) is 13.7. The second-order valence-corrected chi connectivity index (χ2v) is 5.62. The lowest BCUT2D eigenvalue weighted by atomic mass is 9.93. The van der Waals surface area contributed by atoms with Crippen LogP contribution >= 0.6 is 0 Å². The molecule has 2 N–H and O–H groups in total. The summed E-state index contributed by atoms with van der Waals surface area (Å²) < 4.78 is 0. The van der Waals surface area contributed by atoms with Gasteiger partial charge in [-0.05, 0) is 32.2 Å². The van der Waals surface area contributed by atoms with Crippen molar-refractivity contribution in [2.45, 2.75) is 63.5 Å². The van der Waals surface area contributed by atoms with Gasteiger partial charge >= 0.3 is 5.97 Å². The Labute approximate surface area is 114 Å². The van der Waals surface area contributed by atoms with E-state index in [1.807, 2.05) is 4.90 Å². The molecular weight excluding hydrogens is 244 g/mol. The van der Waals surface area contributed by atoms with Gasteiger partial charge < -0.3 is 15.3 Å². The average molecular weight is 268 g/mol. The van der Waals surface area contributed by atoms with E-state index < -0.39 is 5.97 Å². The van der Waals surface area contributed by atoms with Crippen molar-refractivity contribution in [3.8, 4) is 0 Å². The summed E-state index contributed by atoms with van der Waals surface area (Å²) in [5, 5.41) is 12.0. The Bertz CT molecular complexity index is 327. The molecule has 1 aliphatic carbocycles. The van der Waals surface area contributed by atoms with Crippen molar-refractivity contribution in [1.29, 1.82) is 0 Å². The summed E-state index contributed by atoms with van der Waals surface area (Å²) in [6, 6.07) is 0.0778. The van der Waals surface area contributed by atoms with Gasteiger partial charge in [0.15, 0.2) is 0 Å². The number of nitrogens with zero attached hydrogens (tertiary/aromatic N) is 1. The van der Waals surface area contributed by atoms with Crippen molar-refractivity contribution in [3.63, 3.8) is 0 Å². The quantitative estimate of drug-likeness (QED) is 0.808. The standard InChI is InChI=1S/C14H24N2O3/c17-13(18)8-7-12-14(19)16(10-4-9-15-12)11-5-2-1-3-6-11/h11-12,15H,1-10H2,(H,17,18). The van der Waals surface area contributed by atoms with E-state index in [-0.39, 0.29) is 18.4 Å². The molecule has 2 fully saturated rings. The molecule has 1 heterocycles. The number of amides is 1. The van der Waals surface area contributed by atoms with Crippen LogP contribution < -0.4 is 5.32 Å². The van der Waals surface area contributed by atoms with E-state index in [1.54, 1.807) is 0 Å². The van der Waals surface area contributed by atoms with E-state index in [0.29, 0.717) is 12.5 Å². The first-order valence-electron chi connectivity index (χ1n) is 7.44. The first kappa shape index (κ1) is 14.3. The van der Waals surface area contributed by atoms with E-state index in [1.165, 1.54) is 19.3 Å². The molecule has 1 atom stereocenters. The lowest BCUT2D eigenvalue weighted by Crippen LogP contribution is -2.48. The smallest absolute Gasteiger partial charge is 0.303 e. The number of carboxylic acids is 1. The maximum absolute atomic E-state index is 12.5. The van der Waals surface area contributed by atoms with Crippen molar-refractivity contribution in [3.05, 3.63) is 0 Å². The van der Waals surface area contributed by atoms with Gasteiger partial charge in [0.1, 0.15) is 0 Å². The normalized spacial score (nSPS) is 26.2. The Balaban J connectivity index is 1.97. The fraction of sp³-hybridized carbons (Fsp3) is 0.857. The summed E-state index contributed by atoms with van der Waals surface area (Å²) in [7, 11) is 0. The molecule has 0 aromatic heterocycles. The second-order valence-electron chi connectivity index (χ2n) is 5.62. The maximum atomic E-state index is 12.5. The van der Waals surface area contributed by atoms with Gasteiger partial charge in [-0.3, -0.25) is 9.59 Å². The highest BCUT2D eigenvalue weighted by atomic mass is 16.4. The van der Waals surface area contributed by atoms with E-state index in [4.69, 9.17) is 5.11 Å². The number of nitrogens with one attached hydrogen (secondary N) is 1. The summed E-state index contributed by atoms with van der Waals surface area (Å²) in [5.41, 5.74) is 0. The summed E-state index contributed by atoms with van der Waals surface area (Å²) in [6.45, 7) is 1.62. The molecule has 5 nitrogen and oxygen atoms in total. The molecule has 1 aliphatic heterocycles. The fourth-order valence-corrected chi connectivity index (χ4v) is 3.17. The largest absolute Gasteiger partial charge is 0.481 e. The number of hydrogen-bond donors (Lipinski definition) is 2. The molecule has 2 rings (SSSR count). The van der Waals surface area contributed by atoms with Gasteiger partial charge in [-0.25, -0.2) is 0 Å². The molecule has 108 valence electrons. The van der Waals surface area contributed by atoms with Crippen molar-refractivity contribution in [1.82, 2.24) is 10.2 Å².